The molecule has 1 aliphatic heterocycles. The van der Waals surface area contributed by atoms with Crippen molar-refractivity contribution in [1.82, 2.24) is 15.5 Å². The third-order valence-electron chi connectivity index (χ3n) is 4.12. The van der Waals surface area contributed by atoms with Crippen molar-refractivity contribution in [3.8, 4) is 0 Å². The fourth-order valence-corrected chi connectivity index (χ4v) is 2.77. The van der Waals surface area contributed by atoms with Crippen LogP contribution in [-0.4, -0.2) is 62.2 Å². The van der Waals surface area contributed by atoms with E-state index in [9.17, 15) is 4.79 Å². The monoisotopic (exact) mass is 326 g/mol. The Morgan fingerprint density at radius 3 is 2.74 bits per heavy atom. The van der Waals surface area contributed by atoms with E-state index in [1.165, 1.54) is 0 Å². The summed E-state index contributed by atoms with van der Waals surface area (Å²) in [6, 6.07) is 0.267. The standard InChI is InChI=1S/C17H34N4O2/c1-6-18-17(19-11-10-15(13(3)4)23-7-2)20-14-8-9-16(22)21(5)12-14/h13-15H,6-12H2,1-5H3,(H2,18,19,20). The molecule has 23 heavy (non-hydrogen) atoms. The zero-order chi connectivity index (χ0) is 17.2. The number of guanidine groups is 1. The van der Waals surface area contributed by atoms with Gasteiger partial charge in [0, 0.05) is 45.8 Å². The van der Waals surface area contributed by atoms with E-state index in [2.05, 4.69) is 36.4 Å². The smallest absolute Gasteiger partial charge is 0.222 e. The lowest BCUT2D eigenvalue weighted by Gasteiger charge is -2.31. The summed E-state index contributed by atoms with van der Waals surface area (Å²) >= 11 is 0. The minimum absolute atomic E-state index is 0.224. The average molecular weight is 326 g/mol. The van der Waals surface area contributed by atoms with E-state index in [0.29, 0.717) is 12.3 Å². The van der Waals surface area contributed by atoms with Crippen molar-refractivity contribution in [3.63, 3.8) is 0 Å². The molecule has 6 heteroatoms. The number of rotatable bonds is 8. The van der Waals surface area contributed by atoms with Gasteiger partial charge in [-0.3, -0.25) is 9.79 Å². The summed E-state index contributed by atoms with van der Waals surface area (Å²) in [6.45, 7) is 11.5. The van der Waals surface area contributed by atoms with Crippen LogP contribution in [0, 0.1) is 5.92 Å². The Bertz CT molecular complexity index is 385. The second-order valence-electron chi connectivity index (χ2n) is 6.44. The van der Waals surface area contributed by atoms with Crippen LogP contribution < -0.4 is 10.6 Å². The van der Waals surface area contributed by atoms with E-state index in [1.54, 1.807) is 4.90 Å². The highest BCUT2D eigenvalue weighted by Crippen LogP contribution is 2.11. The molecule has 134 valence electrons. The Kier molecular flexibility index (Phi) is 8.99. The zero-order valence-corrected chi connectivity index (χ0v) is 15.4. The minimum Gasteiger partial charge on any atom is -0.378 e. The second-order valence-corrected chi connectivity index (χ2v) is 6.44. The van der Waals surface area contributed by atoms with Crippen molar-refractivity contribution in [1.29, 1.82) is 0 Å². The lowest BCUT2D eigenvalue weighted by molar-refractivity contribution is -0.132. The number of carbonyl (C=O) groups is 1. The molecular weight excluding hydrogens is 292 g/mol. The molecule has 1 saturated heterocycles. The summed E-state index contributed by atoms with van der Waals surface area (Å²) in [6.07, 6.45) is 2.64. The number of likely N-dealkylation sites (tertiary alicyclic amines) is 1. The topological polar surface area (TPSA) is 66.0 Å². The van der Waals surface area contributed by atoms with Crippen LogP contribution in [0.1, 0.15) is 47.0 Å². The van der Waals surface area contributed by atoms with Gasteiger partial charge in [0.15, 0.2) is 5.96 Å². The van der Waals surface area contributed by atoms with Crippen LogP contribution in [0.5, 0.6) is 0 Å². The van der Waals surface area contributed by atoms with Crippen LogP contribution in [0.4, 0.5) is 0 Å². The molecule has 0 bridgehead atoms. The maximum absolute atomic E-state index is 11.6. The predicted octanol–water partition coefficient (Wildman–Crippen LogP) is 1.61. The van der Waals surface area contributed by atoms with E-state index in [1.807, 2.05) is 14.0 Å². The van der Waals surface area contributed by atoms with Gasteiger partial charge in [0.05, 0.1) is 6.10 Å². The molecule has 0 aromatic rings. The Morgan fingerprint density at radius 2 is 2.17 bits per heavy atom. The molecule has 2 N–H and O–H groups in total. The van der Waals surface area contributed by atoms with Gasteiger partial charge in [-0.25, -0.2) is 0 Å². The number of hydrogen-bond acceptors (Lipinski definition) is 3. The number of ether oxygens (including phenoxy) is 1. The Morgan fingerprint density at radius 1 is 1.43 bits per heavy atom. The molecule has 0 aromatic carbocycles. The van der Waals surface area contributed by atoms with Gasteiger partial charge in [-0.05, 0) is 32.6 Å². The number of aliphatic imine (C=N–C) groups is 1. The van der Waals surface area contributed by atoms with Gasteiger partial charge in [-0.2, -0.15) is 0 Å². The maximum atomic E-state index is 11.6. The molecule has 1 rings (SSSR count). The molecule has 6 nitrogen and oxygen atoms in total. The minimum atomic E-state index is 0.224. The molecule has 0 saturated carbocycles. The van der Waals surface area contributed by atoms with Gasteiger partial charge in [0.25, 0.3) is 0 Å². The number of amides is 1. The van der Waals surface area contributed by atoms with Crippen molar-refractivity contribution < 1.29 is 9.53 Å². The van der Waals surface area contributed by atoms with Crippen LogP contribution in [-0.2, 0) is 9.53 Å². The van der Waals surface area contributed by atoms with Crippen molar-refractivity contribution in [2.45, 2.75) is 59.1 Å². The molecule has 0 aliphatic carbocycles. The predicted molar refractivity (Wildman–Crippen MR) is 94.6 cm³/mol. The normalized spacial score (nSPS) is 20.8. The van der Waals surface area contributed by atoms with E-state index >= 15 is 0 Å². The Balaban J connectivity index is 2.51. The average Bonchev–Trinajstić information content (AvgIpc) is 2.50. The Hall–Kier alpha value is -1.30. The SMILES string of the molecule is CCNC(=NCCC(OCC)C(C)C)NC1CCC(=O)N(C)C1. The lowest BCUT2D eigenvalue weighted by Crippen LogP contribution is -2.51. The van der Waals surface area contributed by atoms with Crippen molar-refractivity contribution in [3.05, 3.63) is 0 Å². The van der Waals surface area contributed by atoms with E-state index in [4.69, 9.17) is 4.74 Å². The highest BCUT2D eigenvalue weighted by Gasteiger charge is 2.23. The second kappa shape index (κ2) is 10.5. The summed E-state index contributed by atoms with van der Waals surface area (Å²) in [5.41, 5.74) is 0. The largest absolute Gasteiger partial charge is 0.378 e. The summed E-state index contributed by atoms with van der Waals surface area (Å²) in [5.74, 6) is 1.56. The first-order chi connectivity index (χ1) is 11.0. The van der Waals surface area contributed by atoms with Crippen molar-refractivity contribution >= 4 is 11.9 Å². The zero-order valence-electron chi connectivity index (χ0n) is 15.4. The molecule has 0 aromatic heterocycles. The lowest BCUT2D eigenvalue weighted by atomic mass is 10.0. The Labute approximate surface area is 141 Å². The maximum Gasteiger partial charge on any atom is 0.222 e. The number of piperidine rings is 1. The fraction of sp³-hybridized carbons (Fsp3) is 0.882. The number of carbonyl (C=O) groups excluding carboxylic acids is 1. The van der Waals surface area contributed by atoms with Crippen molar-refractivity contribution in [2.24, 2.45) is 10.9 Å². The molecule has 1 amide bonds. The van der Waals surface area contributed by atoms with E-state index in [-0.39, 0.29) is 18.1 Å². The molecule has 2 unspecified atom stereocenters. The third kappa shape index (κ3) is 7.20. The van der Waals surface area contributed by atoms with E-state index in [0.717, 1.165) is 45.0 Å². The van der Waals surface area contributed by atoms with Crippen LogP contribution in [0.2, 0.25) is 0 Å². The molecule has 2 atom stereocenters. The highest BCUT2D eigenvalue weighted by molar-refractivity contribution is 5.81. The van der Waals surface area contributed by atoms with E-state index < -0.39 is 0 Å². The molecular formula is C17H34N4O2. The first-order valence-corrected chi connectivity index (χ1v) is 8.88. The summed E-state index contributed by atoms with van der Waals surface area (Å²) in [7, 11) is 1.86. The highest BCUT2D eigenvalue weighted by atomic mass is 16.5. The van der Waals surface area contributed by atoms with Gasteiger partial charge in [-0.15, -0.1) is 0 Å². The van der Waals surface area contributed by atoms with Crippen LogP contribution in [0.3, 0.4) is 0 Å². The fourth-order valence-electron chi connectivity index (χ4n) is 2.77. The molecule has 0 spiro atoms. The van der Waals surface area contributed by atoms with Crippen molar-refractivity contribution in [2.75, 3.05) is 33.3 Å². The number of nitrogens with zero attached hydrogens (tertiary/aromatic N) is 2. The van der Waals surface area contributed by atoms with Gasteiger partial charge < -0.3 is 20.3 Å². The first kappa shape index (κ1) is 19.7. The summed E-state index contributed by atoms with van der Waals surface area (Å²) in [4.78, 5) is 18.0. The van der Waals surface area contributed by atoms with Gasteiger partial charge in [0.2, 0.25) is 5.91 Å². The van der Waals surface area contributed by atoms with Crippen LogP contribution in [0.25, 0.3) is 0 Å². The number of hydrogen-bond donors (Lipinski definition) is 2. The summed E-state index contributed by atoms with van der Waals surface area (Å²) in [5, 5.41) is 6.73. The number of likely N-dealkylation sites (N-methyl/N-ethyl adjacent to an activating group) is 1. The molecule has 1 heterocycles. The first-order valence-electron chi connectivity index (χ1n) is 8.88. The summed E-state index contributed by atoms with van der Waals surface area (Å²) < 4.78 is 5.77. The van der Waals surface area contributed by atoms with Gasteiger partial charge in [-0.1, -0.05) is 13.8 Å². The van der Waals surface area contributed by atoms with Gasteiger partial charge in [0.1, 0.15) is 0 Å². The number of nitrogens with one attached hydrogen (secondary N) is 2. The molecule has 1 aliphatic rings. The molecule has 0 radical (unpaired) electrons. The third-order valence-corrected chi connectivity index (χ3v) is 4.12. The van der Waals surface area contributed by atoms with Crippen LogP contribution in [0.15, 0.2) is 4.99 Å². The van der Waals surface area contributed by atoms with Crippen LogP contribution >= 0.6 is 0 Å². The quantitative estimate of drug-likeness (QED) is 0.525. The molecule has 1 fully saturated rings. The van der Waals surface area contributed by atoms with Gasteiger partial charge >= 0.3 is 0 Å².